The molecule has 3 rings (SSSR count). The normalized spacial score (nSPS) is 49.0. The Balaban J connectivity index is 1.63. The van der Waals surface area contributed by atoms with E-state index in [1.165, 1.54) is 0 Å². The van der Waals surface area contributed by atoms with Gasteiger partial charge in [-0.05, 0) is 0 Å². The van der Waals surface area contributed by atoms with Gasteiger partial charge in [0.05, 0.1) is 19.8 Å². The fourth-order valence-electron chi connectivity index (χ4n) is 4.25. The lowest BCUT2D eigenvalue weighted by molar-refractivity contribution is -0.334. The molecule has 3 aliphatic heterocycles. The minimum atomic E-state index is -1.83. The molecule has 0 aliphatic carbocycles. The molecule has 37 heavy (non-hydrogen) atoms. The van der Waals surface area contributed by atoms with Crippen molar-refractivity contribution < 1.29 is 79.5 Å². The molecule has 0 saturated carbocycles. The molecule has 17 nitrogen and oxygen atoms in total. The fourth-order valence-corrected chi connectivity index (χ4v) is 4.25. The van der Waals surface area contributed by atoms with Gasteiger partial charge in [-0.1, -0.05) is 0 Å². The zero-order valence-corrected chi connectivity index (χ0v) is 19.7. The van der Waals surface area contributed by atoms with Crippen molar-refractivity contribution in [3.05, 3.63) is 0 Å². The Bertz CT molecular complexity index is 747. The van der Waals surface area contributed by atoms with Gasteiger partial charge in [0, 0.05) is 6.92 Å². The number of ether oxygens (including phenoxy) is 5. The SMILES string of the molecule is CC(=O)NC1C(OCC2OC(OCC3OC(O)C(O)C(O)C3O)C(O)C(O)C2O)OC(CO)C(O)C1O. The predicted octanol–water partition coefficient (Wildman–Crippen LogP) is -7.43. The number of rotatable bonds is 8. The molecule has 0 spiro atoms. The first-order chi connectivity index (χ1) is 17.4. The third-order valence-corrected chi connectivity index (χ3v) is 6.46. The highest BCUT2D eigenvalue weighted by Crippen LogP contribution is 2.27. The molecule has 0 aromatic carbocycles. The first-order valence-electron chi connectivity index (χ1n) is 11.6. The van der Waals surface area contributed by atoms with Crippen LogP contribution in [0.4, 0.5) is 0 Å². The van der Waals surface area contributed by atoms with E-state index in [-0.39, 0.29) is 0 Å². The van der Waals surface area contributed by atoms with Crippen LogP contribution in [0.3, 0.4) is 0 Å². The number of amides is 1. The second-order valence-corrected chi connectivity index (χ2v) is 9.15. The van der Waals surface area contributed by atoms with Gasteiger partial charge >= 0.3 is 0 Å². The molecule has 216 valence electrons. The third kappa shape index (κ3) is 6.72. The fraction of sp³-hybridized carbons (Fsp3) is 0.950. The zero-order chi connectivity index (χ0) is 27.6. The van der Waals surface area contributed by atoms with Crippen LogP contribution in [-0.4, -0.2) is 169 Å². The van der Waals surface area contributed by atoms with Gasteiger partial charge in [0.1, 0.15) is 73.2 Å². The van der Waals surface area contributed by atoms with Crippen LogP contribution in [0, 0.1) is 0 Å². The Morgan fingerprint density at radius 3 is 1.70 bits per heavy atom. The Kier molecular flexibility index (Phi) is 10.5. The van der Waals surface area contributed by atoms with E-state index in [1.807, 2.05) is 0 Å². The van der Waals surface area contributed by atoms with E-state index < -0.39 is 118 Å². The molecule has 1 amide bonds. The van der Waals surface area contributed by atoms with Crippen molar-refractivity contribution in [1.82, 2.24) is 5.32 Å². The van der Waals surface area contributed by atoms with Crippen LogP contribution in [0.15, 0.2) is 0 Å². The van der Waals surface area contributed by atoms with Gasteiger partial charge in [0.25, 0.3) is 0 Å². The summed E-state index contributed by atoms with van der Waals surface area (Å²) in [6.45, 7) is -0.686. The molecule has 3 saturated heterocycles. The Morgan fingerprint density at radius 1 is 0.649 bits per heavy atom. The van der Waals surface area contributed by atoms with E-state index in [0.717, 1.165) is 6.92 Å². The largest absolute Gasteiger partial charge is 0.394 e. The lowest BCUT2D eigenvalue weighted by Crippen LogP contribution is -2.65. The molecule has 11 N–H and O–H groups in total. The second kappa shape index (κ2) is 12.8. The molecule has 3 fully saturated rings. The van der Waals surface area contributed by atoms with Crippen LogP contribution in [0.1, 0.15) is 6.92 Å². The van der Waals surface area contributed by atoms with Gasteiger partial charge < -0.3 is 80.1 Å². The van der Waals surface area contributed by atoms with Crippen molar-refractivity contribution in [1.29, 1.82) is 0 Å². The molecule has 15 atom stereocenters. The molecule has 0 aromatic rings. The maximum Gasteiger partial charge on any atom is 0.217 e. The number of hydrogen-bond donors (Lipinski definition) is 11. The minimum absolute atomic E-state index is 0.557. The monoisotopic (exact) mass is 545 g/mol. The lowest BCUT2D eigenvalue weighted by atomic mass is 9.96. The molecular formula is C20H35NO16. The van der Waals surface area contributed by atoms with Crippen molar-refractivity contribution in [2.45, 2.75) is 99.0 Å². The van der Waals surface area contributed by atoms with Crippen LogP contribution >= 0.6 is 0 Å². The summed E-state index contributed by atoms with van der Waals surface area (Å²) in [4.78, 5) is 11.5. The van der Waals surface area contributed by atoms with E-state index in [1.54, 1.807) is 0 Å². The Hall–Kier alpha value is -1.13. The maximum absolute atomic E-state index is 11.5. The van der Waals surface area contributed by atoms with E-state index in [2.05, 4.69) is 5.32 Å². The highest BCUT2D eigenvalue weighted by Gasteiger charge is 2.49. The van der Waals surface area contributed by atoms with Crippen LogP contribution in [0.2, 0.25) is 0 Å². The number of hydrogen-bond acceptors (Lipinski definition) is 16. The predicted molar refractivity (Wildman–Crippen MR) is 113 cm³/mol. The van der Waals surface area contributed by atoms with Gasteiger partial charge in [-0.3, -0.25) is 4.79 Å². The second-order valence-electron chi connectivity index (χ2n) is 9.15. The summed E-state index contributed by atoms with van der Waals surface area (Å²) < 4.78 is 26.7. The molecular weight excluding hydrogens is 510 g/mol. The molecule has 15 unspecified atom stereocenters. The number of nitrogens with one attached hydrogen (secondary N) is 1. The van der Waals surface area contributed by atoms with E-state index in [9.17, 15) is 55.9 Å². The van der Waals surface area contributed by atoms with Crippen LogP contribution in [0.5, 0.6) is 0 Å². The van der Waals surface area contributed by atoms with E-state index >= 15 is 0 Å². The van der Waals surface area contributed by atoms with E-state index in [4.69, 9.17) is 23.7 Å². The van der Waals surface area contributed by atoms with Crippen LogP contribution < -0.4 is 5.32 Å². The van der Waals surface area contributed by atoms with Crippen molar-refractivity contribution in [2.24, 2.45) is 0 Å². The van der Waals surface area contributed by atoms with Crippen LogP contribution in [0.25, 0.3) is 0 Å². The molecule has 3 aliphatic rings. The lowest BCUT2D eigenvalue weighted by Gasteiger charge is -2.44. The summed E-state index contributed by atoms with van der Waals surface area (Å²) >= 11 is 0. The topological polar surface area (TPSA) is 278 Å². The molecule has 3 heterocycles. The number of carbonyl (C=O) groups excluding carboxylic acids is 1. The number of aliphatic hydroxyl groups is 10. The van der Waals surface area contributed by atoms with Crippen molar-refractivity contribution in [3.63, 3.8) is 0 Å². The first kappa shape index (κ1) is 30.4. The molecule has 0 radical (unpaired) electrons. The zero-order valence-electron chi connectivity index (χ0n) is 19.7. The summed E-state index contributed by atoms with van der Waals surface area (Å²) in [7, 11) is 0. The Morgan fingerprint density at radius 2 is 1.14 bits per heavy atom. The average molecular weight is 545 g/mol. The number of carbonyl (C=O) groups is 1. The van der Waals surface area contributed by atoms with Crippen molar-refractivity contribution >= 4 is 5.91 Å². The quantitative estimate of drug-likeness (QED) is 0.135. The average Bonchev–Trinajstić information content (AvgIpc) is 2.86. The highest BCUT2D eigenvalue weighted by molar-refractivity contribution is 5.73. The van der Waals surface area contributed by atoms with Gasteiger partial charge in [-0.25, -0.2) is 0 Å². The third-order valence-electron chi connectivity index (χ3n) is 6.46. The van der Waals surface area contributed by atoms with Crippen molar-refractivity contribution in [3.8, 4) is 0 Å². The smallest absolute Gasteiger partial charge is 0.217 e. The van der Waals surface area contributed by atoms with Gasteiger partial charge in [-0.15, -0.1) is 0 Å². The summed E-state index contributed by atoms with van der Waals surface area (Å²) in [5, 5.41) is 102. The summed E-state index contributed by atoms with van der Waals surface area (Å²) in [6, 6.07) is -1.28. The van der Waals surface area contributed by atoms with E-state index in [0.29, 0.717) is 0 Å². The molecule has 17 heteroatoms. The van der Waals surface area contributed by atoms with Crippen LogP contribution in [-0.2, 0) is 28.5 Å². The summed E-state index contributed by atoms with van der Waals surface area (Å²) in [5.41, 5.74) is 0. The molecule has 0 aromatic heterocycles. The maximum atomic E-state index is 11.5. The molecule has 0 bridgehead atoms. The first-order valence-corrected chi connectivity index (χ1v) is 11.6. The van der Waals surface area contributed by atoms with Crippen molar-refractivity contribution in [2.75, 3.05) is 19.8 Å². The minimum Gasteiger partial charge on any atom is -0.394 e. The van der Waals surface area contributed by atoms with Gasteiger partial charge in [0.15, 0.2) is 18.9 Å². The number of aliphatic hydroxyl groups excluding tert-OH is 10. The standard InChI is InChI=1S/C20H35NO16/c1-5(23)21-9-13(27)10(24)6(2-22)36-19(9)33-4-8-12(26)15(29)17(31)20(37-8)34-3-7-11(25)14(28)16(30)18(32)35-7/h6-20,22,24-32H,2-4H2,1H3,(H,21,23). The van der Waals surface area contributed by atoms with Gasteiger partial charge in [-0.2, -0.15) is 0 Å². The highest BCUT2D eigenvalue weighted by atomic mass is 16.7. The summed E-state index contributed by atoms with van der Waals surface area (Å²) in [5.74, 6) is -0.591. The van der Waals surface area contributed by atoms with Gasteiger partial charge in [0.2, 0.25) is 5.91 Å². The Labute approximate surface area is 210 Å². The summed E-state index contributed by atoms with van der Waals surface area (Å²) in [6.07, 6.45) is -22.5.